The molecule has 1 N–H and O–H groups in total. The van der Waals surface area contributed by atoms with Gasteiger partial charge in [0, 0.05) is 6.04 Å². The number of rotatable bonds is 3. The molecule has 3 rings (SSSR count). The van der Waals surface area contributed by atoms with Crippen molar-refractivity contribution < 1.29 is 9.21 Å². The minimum atomic E-state index is 0.0182. The van der Waals surface area contributed by atoms with Crippen molar-refractivity contribution in [2.45, 2.75) is 52.5 Å². The molecule has 4 unspecified atom stereocenters. The fourth-order valence-corrected chi connectivity index (χ4v) is 4.15. The maximum absolute atomic E-state index is 12.3. The van der Waals surface area contributed by atoms with Gasteiger partial charge in [0.05, 0.1) is 5.56 Å². The molecule has 3 heteroatoms. The van der Waals surface area contributed by atoms with Crippen LogP contribution in [0.4, 0.5) is 0 Å². The van der Waals surface area contributed by atoms with Gasteiger partial charge in [0.25, 0.3) is 5.91 Å². The molecule has 1 amide bonds. The second kappa shape index (κ2) is 4.69. The monoisotopic (exact) mass is 261 g/mol. The summed E-state index contributed by atoms with van der Waals surface area (Å²) < 4.78 is 5.43. The smallest absolute Gasteiger partial charge is 0.255 e. The molecule has 1 aromatic rings. The van der Waals surface area contributed by atoms with Crippen LogP contribution in [-0.2, 0) is 0 Å². The Hall–Kier alpha value is -1.25. The van der Waals surface area contributed by atoms with Crippen molar-refractivity contribution in [3.63, 3.8) is 0 Å². The largest absolute Gasteiger partial charge is 0.466 e. The van der Waals surface area contributed by atoms with Crippen molar-refractivity contribution in [3.8, 4) is 0 Å². The third kappa shape index (κ3) is 2.31. The van der Waals surface area contributed by atoms with Crippen LogP contribution >= 0.6 is 0 Å². The molecule has 2 aliphatic rings. The highest BCUT2D eigenvalue weighted by Crippen LogP contribution is 2.49. The average Bonchev–Trinajstić information content (AvgIpc) is 3.03. The van der Waals surface area contributed by atoms with Crippen molar-refractivity contribution >= 4 is 5.91 Å². The van der Waals surface area contributed by atoms with Crippen LogP contribution in [0.15, 0.2) is 10.5 Å². The van der Waals surface area contributed by atoms with Gasteiger partial charge < -0.3 is 9.73 Å². The molecule has 1 aromatic heterocycles. The Morgan fingerprint density at radius 2 is 2.16 bits per heavy atom. The fraction of sp³-hybridized carbons (Fsp3) is 0.688. The van der Waals surface area contributed by atoms with Crippen molar-refractivity contribution in [1.82, 2.24) is 5.32 Å². The second-order valence-electron chi connectivity index (χ2n) is 6.43. The summed E-state index contributed by atoms with van der Waals surface area (Å²) in [6, 6.07) is 2.11. The van der Waals surface area contributed by atoms with E-state index in [1.54, 1.807) is 0 Å². The standard InChI is InChI=1S/C16H23NO2/c1-9-6-15(11(3)19-9)16(18)17-10(2)14-8-12-4-5-13(14)7-12/h6,10,12-14H,4-5,7-8H2,1-3H3,(H,17,18). The Labute approximate surface area is 114 Å². The highest BCUT2D eigenvalue weighted by Gasteiger charge is 2.42. The van der Waals surface area contributed by atoms with Gasteiger partial charge in [-0.2, -0.15) is 0 Å². The molecule has 2 aliphatic carbocycles. The summed E-state index contributed by atoms with van der Waals surface area (Å²) in [5.74, 6) is 3.98. The van der Waals surface area contributed by atoms with E-state index < -0.39 is 0 Å². The lowest BCUT2D eigenvalue weighted by molar-refractivity contribution is 0.0914. The van der Waals surface area contributed by atoms with E-state index in [1.165, 1.54) is 25.7 Å². The molecule has 0 radical (unpaired) electrons. The minimum Gasteiger partial charge on any atom is -0.466 e. The summed E-state index contributed by atoms with van der Waals surface area (Å²) in [6.07, 6.45) is 5.45. The van der Waals surface area contributed by atoms with Crippen LogP contribution in [0.1, 0.15) is 54.5 Å². The van der Waals surface area contributed by atoms with Gasteiger partial charge in [-0.1, -0.05) is 6.42 Å². The average molecular weight is 261 g/mol. The van der Waals surface area contributed by atoms with E-state index in [4.69, 9.17) is 4.42 Å². The molecule has 3 nitrogen and oxygen atoms in total. The molecular formula is C16H23NO2. The minimum absolute atomic E-state index is 0.0182. The van der Waals surface area contributed by atoms with E-state index >= 15 is 0 Å². The van der Waals surface area contributed by atoms with Crippen LogP contribution in [0, 0.1) is 31.6 Å². The van der Waals surface area contributed by atoms with Gasteiger partial charge in [0.2, 0.25) is 0 Å². The predicted molar refractivity (Wildman–Crippen MR) is 74.0 cm³/mol. The van der Waals surface area contributed by atoms with Crippen molar-refractivity contribution in [2.75, 3.05) is 0 Å². The van der Waals surface area contributed by atoms with Crippen LogP contribution in [-0.4, -0.2) is 11.9 Å². The van der Waals surface area contributed by atoms with E-state index in [0.29, 0.717) is 11.5 Å². The summed E-state index contributed by atoms with van der Waals surface area (Å²) in [5.41, 5.74) is 0.688. The maximum atomic E-state index is 12.3. The number of fused-ring (bicyclic) bond motifs is 2. The summed E-state index contributed by atoms with van der Waals surface area (Å²) in [6.45, 7) is 5.89. The molecule has 0 aliphatic heterocycles. The zero-order valence-electron chi connectivity index (χ0n) is 12.0. The lowest BCUT2D eigenvalue weighted by Crippen LogP contribution is -2.40. The number of furan rings is 1. The molecule has 1 heterocycles. The van der Waals surface area contributed by atoms with Gasteiger partial charge in [-0.25, -0.2) is 0 Å². The Morgan fingerprint density at radius 3 is 2.68 bits per heavy atom. The highest BCUT2D eigenvalue weighted by molar-refractivity contribution is 5.95. The zero-order chi connectivity index (χ0) is 13.6. The van der Waals surface area contributed by atoms with Gasteiger partial charge in [0.15, 0.2) is 0 Å². The number of nitrogens with one attached hydrogen (secondary N) is 1. The summed E-state index contributed by atoms with van der Waals surface area (Å²) in [4.78, 5) is 12.3. The molecular weight excluding hydrogens is 238 g/mol. The van der Waals surface area contributed by atoms with E-state index in [-0.39, 0.29) is 11.9 Å². The number of aryl methyl sites for hydroxylation is 2. The molecule has 2 saturated carbocycles. The van der Waals surface area contributed by atoms with E-state index in [1.807, 2.05) is 19.9 Å². The van der Waals surface area contributed by atoms with Gasteiger partial charge >= 0.3 is 0 Å². The first-order valence-electron chi connectivity index (χ1n) is 7.42. The van der Waals surface area contributed by atoms with Crippen molar-refractivity contribution in [3.05, 3.63) is 23.2 Å². The summed E-state index contributed by atoms with van der Waals surface area (Å²) in [5, 5.41) is 3.18. The Bertz CT molecular complexity index is 491. The topological polar surface area (TPSA) is 42.2 Å². The number of amides is 1. The Balaban J connectivity index is 1.65. The van der Waals surface area contributed by atoms with E-state index in [9.17, 15) is 4.79 Å². The van der Waals surface area contributed by atoms with Gasteiger partial charge in [-0.3, -0.25) is 4.79 Å². The summed E-state index contributed by atoms with van der Waals surface area (Å²) in [7, 11) is 0. The Morgan fingerprint density at radius 1 is 1.37 bits per heavy atom. The molecule has 0 saturated heterocycles. The van der Waals surface area contributed by atoms with E-state index in [2.05, 4.69) is 12.2 Å². The molecule has 2 fully saturated rings. The van der Waals surface area contributed by atoms with E-state index in [0.717, 1.165) is 23.4 Å². The number of hydrogen-bond acceptors (Lipinski definition) is 2. The van der Waals surface area contributed by atoms with Gasteiger partial charge in [-0.15, -0.1) is 0 Å². The SMILES string of the molecule is Cc1cc(C(=O)NC(C)C2CC3CCC2C3)c(C)o1. The van der Waals surface area contributed by atoms with Crippen LogP contribution < -0.4 is 5.32 Å². The quantitative estimate of drug-likeness (QED) is 0.905. The zero-order valence-corrected chi connectivity index (χ0v) is 12.0. The molecule has 2 bridgehead atoms. The number of hydrogen-bond donors (Lipinski definition) is 1. The third-order valence-corrected chi connectivity index (χ3v) is 5.08. The van der Waals surface area contributed by atoms with Crippen LogP contribution in [0.5, 0.6) is 0 Å². The van der Waals surface area contributed by atoms with Crippen LogP contribution in [0.3, 0.4) is 0 Å². The van der Waals surface area contributed by atoms with Gasteiger partial charge in [-0.05, 0) is 63.9 Å². The van der Waals surface area contributed by atoms with Crippen molar-refractivity contribution in [2.24, 2.45) is 17.8 Å². The number of carbonyl (C=O) groups is 1. The van der Waals surface area contributed by atoms with Crippen LogP contribution in [0.2, 0.25) is 0 Å². The lowest BCUT2D eigenvalue weighted by atomic mass is 9.84. The Kier molecular flexibility index (Phi) is 3.15. The summed E-state index contributed by atoms with van der Waals surface area (Å²) >= 11 is 0. The maximum Gasteiger partial charge on any atom is 0.255 e. The molecule has 4 atom stereocenters. The first-order valence-corrected chi connectivity index (χ1v) is 7.42. The van der Waals surface area contributed by atoms with Crippen LogP contribution in [0.25, 0.3) is 0 Å². The predicted octanol–water partition coefficient (Wildman–Crippen LogP) is 3.45. The lowest BCUT2D eigenvalue weighted by Gasteiger charge is -2.28. The normalized spacial score (nSPS) is 30.6. The first kappa shape index (κ1) is 12.8. The molecule has 0 aromatic carbocycles. The molecule has 0 spiro atoms. The molecule has 19 heavy (non-hydrogen) atoms. The first-order chi connectivity index (χ1) is 9.04. The molecule has 104 valence electrons. The third-order valence-electron chi connectivity index (χ3n) is 5.08. The fourth-order valence-electron chi connectivity index (χ4n) is 4.15. The number of carbonyl (C=O) groups excluding carboxylic acids is 1. The van der Waals surface area contributed by atoms with Gasteiger partial charge in [0.1, 0.15) is 11.5 Å². The highest BCUT2D eigenvalue weighted by atomic mass is 16.3. The van der Waals surface area contributed by atoms with Crippen molar-refractivity contribution in [1.29, 1.82) is 0 Å². The second-order valence-corrected chi connectivity index (χ2v) is 6.43.